The molecule has 0 bridgehead atoms. The number of carbonyl (C=O) groups excluding carboxylic acids is 11. The predicted molar refractivity (Wildman–Crippen MR) is 324 cm³/mol. The Kier molecular flexibility index (Phi) is 26.7. The number of benzene rings is 3. The second kappa shape index (κ2) is 33.7. The van der Waals surface area contributed by atoms with Crippen LogP contribution in [0.5, 0.6) is 5.75 Å². The van der Waals surface area contributed by atoms with Gasteiger partial charge in [-0.3, -0.25) is 52.9 Å². The highest BCUT2D eigenvalue weighted by atomic mass is 19.1. The Hall–Kier alpha value is -9.31. The molecular formula is C61H82FN13O14. The first-order valence-electron chi connectivity index (χ1n) is 29.2. The molecule has 10 atom stereocenters. The first-order valence-corrected chi connectivity index (χ1v) is 29.2. The molecule has 4 aromatic rings. The monoisotopic (exact) mass is 1240 g/mol. The Morgan fingerprint density at radius 3 is 2.01 bits per heavy atom. The number of fused-ring (bicyclic) bond motifs is 1. The number of hydrogen-bond acceptors (Lipinski definition) is 15. The van der Waals surface area contributed by atoms with Crippen LogP contribution in [0.3, 0.4) is 0 Å². The molecule has 1 saturated heterocycles. The van der Waals surface area contributed by atoms with Gasteiger partial charge in [0.05, 0.1) is 49.2 Å². The molecule has 2 heterocycles. The van der Waals surface area contributed by atoms with E-state index < -0.39 is 163 Å². The quantitative estimate of drug-likeness (QED) is 0.0159. The third-order valence-electron chi connectivity index (χ3n) is 15.1. The van der Waals surface area contributed by atoms with E-state index in [1.807, 2.05) is 24.3 Å². The lowest BCUT2D eigenvalue weighted by atomic mass is 9.90. The minimum Gasteiger partial charge on any atom is -0.508 e. The standard InChI is InChI=1S/C61H82FN13O14/c1-32(2)21-45(51(80)25-37(12-10-20-67-60(65)66-5)56(85)73-48(55(64)84)24-38-29-68-44-15-9-7-13-41(38)44)74-61(89)69-30-53(82)46(23-36-11-6-8-14-43(36)62)71-57(86)42(33(3)76)27-52(81)47(28-54(63)83)72-58(87)50-26-40(79)31-75(50)59(88)49(70-34(4)77)22-35-16-18-39(78)19-17-35/h6-9,11,13-19,29,32-33,37,40,42,45-50,68,76,78-79H,10,12,20-28,30-31H2,1-5H3,(H2,63,83)(H2,64,84)(H,70,77)(H,71,86)(H,72,87)(H,73,85)(H3,65,66,67)(H2,69,74,89)/t33-,37-,40-,42+,45+,46+,47+,48+,49-,50+/m1/s1. The maximum absolute atomic E-state index is 15.2. The van der Waals surface area contributed by atoms with Crippen LogP contribution < -0.4 is 54.4 Å². The number of hydrogen-bond donors (Lipinski definition) is 14. The van der Waals surface area contributed by atoms with Crippen LogP contribution in [0.25, 0.3) is 10.9 Å². The van der Waals surface area contributed by atoms with Crippen molar-refractivity contribution in [1.29, 1.82) is 0 Å². The van der Waals surface area contributed by atoms with Gasteiger partial charge in [-0.25, -0.2) is 9.18 Å². The number of guanidine groups is 1. The number of halogens is 1. The van der Waals surface area contributed by atoms with Crippen molar-refractivity contribution in [2.45, 2.75) is 140 Å². The van der Waals surface area contributed by atoms with Gasteiger partial charge in [-0.05, 0) is 73.1 Å². The maximum atomic E-state index is 15.2. The van der Waals surface area contributed by atoms with Crippen molar-refractivity contribution >= 4 is 81.6 Å². The zero-order chi connectivity index (χ0) is 65.6. The lowest BCUT2D eigenvalue weighted by Gasteiger charge is -2.30. The zero-order valence-corrected chi connectivity index (χ0v) is 50.4. The zero-order valence-electron chi connectivity index (χ0n) is 50.4. The summed E-state index contributed by atoms with van der Waals surface area (Å²) in [6, 6.07) is 8.90. The van der Waals surface area contributed by atoms with Crippen molar-refractivity contribution in [2.24, 2.45) is 39.9 Å². The number of aromatic hydroxyl groups is 1. The molecule has 5 rings (SSSR count). The Labute approximate surface area is 513 Å². The highest BCUT2D eigenvalue weighted by molar-refractivity contribution is 6.00. The van der Waals surface area contributed by atoms with E-state index in [1.165, 1.54) is 56.4 Å². The van der Waals surface area contributed by atoms with Gasteiger partial charge in [0.15, 0.2) is 23.3 Å². The van der Waals surface area contributed by atoms with Crippen molar-refractivity contribution < 1.29 is 72.4 Å². The number of aliphatic hydroxyl groups excluding tert-OH is 2. The number of aromatic nitrogens is 1. The van der Waals surface area contributed by atoms with Crippen molar-refractivity contribution in [3.63, 3.8) is 0 Å². The number of H-pyrrole nitrogens is 1. The molecule has 482 valence electrons. The number of phenols is 1. The van der Waals surface area contributed by atoms with Gasteiger partial charge in [-0.2, -0.15) is 0 Å². The number of amides is 9. The summed E-state index contributed by atoms with van der Waals surface area (Å²) >= 11 is 0. The van der Waals surface area contributed by atoms with Crippen LogP contribution in [0.1, 0.15) is 89.3 Å². The first kappa shape index (κ1) is 70.5. The fourth-order valence-corrected chi connectivity index (χ4v) is 10.4. The van der Waals surface area contributed by atoms with Gasteiger partial charge >= 0.3 is 6.03 Å². The SMILES string of the molecule is CN=C(N)NCCC[C@H](CC(=O)[C@H](CC(C)C)NC(=O)NCC(=O)[C@H](Cc1ccccc1F)NC(=O)[C@@H](CC(=O)[C@H](CC(N)=O)NC(=O)[C@@H]1C[C@@H](O)CN1C(=O)[C@@H](Cc1ccc(O)cc1)NC(C)=O)[C@@H](C)O)C(=O)N[C@@H](Cc1c[nH]c2ccccc12)C(N)=O. The number of phenolic OH excluding ortho intramolecular Hbond substituents is 1. The van der Waals surface area contributed by atoms with Gasteiger partial charge in [-0.1, -0.05) is 62.4 Å². The van der Waals surface area contributed by atoms with Gasteiger partial charge in [0.25, 0.3) is 0 Å². The summed E-state index contributed by atoms with van der Waals surface area (Å²) in [7, 11) is 1.48. The van der Waals surface area contributed by atoms with Crippen LogP contribution >= 0.6 is 0 Å². The molecule has 9 amide bonds. The van der Waals surface area contributed by atoms with Crippen LogP contribution in [0, 0.1) is 23.6 Å². The summed E-state index contributed by atoms with van der Waals surface area (Å²) in [5, 5.41) is 50.2. The second-order valence-electron chi connectivity index (χ2n) is 22.7. The summed E-state index contributed by atoms with van der Waals surface area (Å²) < 4.78 is 15.2. The number of urea groups is 1. The molecular weight excluding hydrogens is 1160 g/mol. The normalized spacial score (nSPS) is 16.7. The average molecular weight is 1240 g/mol. The van der Waals surface area contributed by atoms with E-state index in [0.717, 1.165) is 28.8 Å². The van der Waals surface area contributed by atoms with Crippen molar-refractivity contribution in [3.8, 4) is 5.75 Å². The van der Waals surface area contributed by atoms with E-state index >= 15 is 4.39 Å². The highest BCUT2D eigenvalue weighted by Gasteiger charge is 2.43. The third-order valence-corrected chi connectivity index (χ3v) is 15.1. The molecule has 1 fully saturated rings. The Morgan fingerprint density at radius 1 is 0.719 bits per heavy atom. The molecule has 3 aromatic carbocycles. The number of Topliss-reactive ketones (excluding diaryl/α,β-unsaturated/α-hetero) is 3. The molecule has 28 heteroatoms. The van der Waals surface area contributed by atoms with E-state index in [4.69, 9.17) is 17.2 Å². The van der Waals surface area contributed by atoms with Crippen molar-refractivity contribution in [3.05, 3.63) is 102 Å². The minimum absolute atomic E-state index is 0.0371. The number of aromatic amines is 1. The molecule has 0 spiro atoms. The highest BCUT2D eigenvalue weighted by Crippen LogP contribution is 2.24. The molecule has 0 radical (unpaired) electrons. The Balaban J connectivity index is 1.29. The number of ketones is 3. The van der Waals surface area contributed by atoms with E-state index in [-0.39, 0.29) is 68.4 Å². The van der Waals surface area contributed by atoms with Crippen LogP contribution in [-0.2, 0) is 67.2 Å². The largest absolute Gasteiger partial charge is 0.508 e. The molecule has 0 aliphatic carbocycles. The number of aliphatic imine (C=N–C) groups is 1. The number of nitrogens with one attached hydrogen (secondary N) is 8. The van der Waals surface area contributed by atoms with E-state index in [0.29, 0.717) is 17.5 Å². The van der Waals surface area contributed by atoms with E-state index in [2.05, 4.69) is 47.2 Å². The number of primary amides is 2. The third kappa shape index (κ3) is 21.8. The summed E-state index contributed by atoms with van der Waals surface area (Å²) in [6.07, 6.45) is -3.69. The van der Waals surface area contributed by atoms with Crippen LogP contribution in [0.15, 0.2) is 84.0 Å². The molecule has 1 aliphatic rings. The summed E-state index contributed by atoms with van der Waals surface area (Å²) in [5.74, 6) is -12.2. The van der Waals surface area contributed by atoms with Gasteiger partial charge in [0, 0.05) is 88.6 Å². The van der Waals surface area contributed by atoms with Gasteiger partial charge in [0.2, 0.25) is 41.4 Å². The fraction of sp³-hybridized carbons (Fsp3) is 0.475. The van der Waals surface area contributed by atoms with Crippen LogP contribution in [-0.4, -0.2) is 171 Å². The number of para-hydroxylation sites is 1. The summed E-state index contributed by atoms with van der Waals surface area (Å²) in [6.45, 7) is 4.96. The minimum atomic E-state index is -1.77. The summed E-state index contributed by atoms with van der Waals surface area (Å²) in [5.41, 5.74) is 19.1. The van der Waals surface area contributed by atoms with Crippen molar-refractivity contribution in [2.75, 3.05) is 26.7 Å². The number of carbonyl (C=O) groups is 11. The number of aliphatic hydroxyl groups is 2. The van der Waals surface area contributed by atoms with E-state index in [9.17, 15) is 68.1 Å². The lowest BCUT2D eigenvalue weighted by molar-refractivity contribution is -0.142. The van der Waals surface area contributed by atoms with E-state index in [1.54, 1.807) is 20.0 Å². The molecule has 1 aromatic heterocycles. The topological polar surface area (TPSA) is 442 Å². The lowest BCUT2D eigenvalue weighted by Crippen LogP contribution is -2.56. The number of likely N-dealkylation sites (tertiary alicyclic amines) is 1. The average Bonchev–Trinajstić information content (AvgIpc) is 3.62. The summed E-state index contributed by atoms with van der Waals surface area (Å²) in [4.78, 5) is 158. The van der Waals surface area contributed by atoms with Gasteiger partial charge in [-0.15, -0.1) is 0 Å². The number of rotatable bonds is 34. The second-order valence-corrected chi connectivity index (χ2v) is 22.7. The Bertz CT molecular complexity index is 3210. The molecule has 0 saturated carbocycles. The number of β-amino-alcohol motifs (C(OH)–C–C–N with tert-alkyl or cyclic N) is 1. The first-order chi connectivity index (χ1) is 42.1. The van der Waals surface area contributed by atoms with Crippen molar-refractivity contribution in [1.82, 2.24) is 47.1 Å². The number of nitrogens with two attached hydrogens (primary N) is 3. The van der Waals surface area contributed by atoms with Crippen LogP contribution in [0.4, 0.5) is 9.18 Å². The molecule has 89 heavy (non-hydrogen) atoms. The molecule has 1 aliphatic heterocycles. The fourth-order valence-electron chi connectivity index (χ4n) is 10.4. The molecule has 17 N–H and O–H groups in total. The van der Waals surface area contributed by atoms with Crippen LogP contribution in [0.2, 0.25) is 0 Å². The number of nitrogens with zero attached hydrogens (tertiary/aromatic N) is 2. The smallest absolute Gasteiger partial charge is 0.315 e. The van der Waals surface area contributed by atoms with Gasteiger partial charge in [0.1, 0.15) is 29.7 Å². The maximum Gasteiger partial charge on any atom is 0.315 e. The predicted octanol–water partition coefficient (Wildman–Crippen LogP) is -0.549. The Morgan fingerprint density at radius 2 is 1.37 bits per heavy atom. The molecule has 0 unspecified atom stereocenters. The molecule has 27 nitrogen and oxygen atoms in total. The van der Waals surface area contributed by atoms with Gasteiger partial charge < -0.3 is 79.6 Å².